The van der Waals surface area contributed by atoms with Crippen LogP contribution in [0.15, 0.2) is 61.1 Å². The van der Waals surface area contributed by atoms with Crippen LogP contribution in [0.4, 0.5) is 19.3 Å². The molecular weight excluding hydrogens is 338 g/mol. The van der Waals surface area contributed by atoms with Crippen LogP contribution in [0.5, 0.6) is 0 Å². The minimum absolute atomic E-state index is 0.387. The lowest BCUT2D eigenvalue weighted by Crippen LogP contribution is -2.44. The molecule has 0 spiro atoms. The van der Waals surface area contributed by atoms with E-state index in [1.54, 1.807) is 23.4 Å². The third-order valence-electron chi connectivity index (χ3n) is 4.49. The van der Waals surface area contributed by atoms with E-state index in [4.69, 9.17) is 0 Å². The number of pyridine rings is 1. The Morgan fingerprint density at radius 2 is 1.88 bits per heavy atom. The van der Waals surface area contributed by atoms with Crippen LogP contribution in [0, 0.1) is 11.6 Å². The monoisotopic (exact) mass is 354 g/mol. The summed E-state index contributed by atoms with van der Waals surface area (Å²) in [5, 5.41) is 2.38. The van der Waals surface area contributed by atoms with Crippen LogP contribution in [0.1, 0.15) is 17.3 Å². The Labute approximate surface area is 148 Å². The van der Waals surface area contributed by atoms with Gasteiger partial charge < -0.3 is 14.8 Å². The molecule has 1 aromatic carbocycles. The third-order valence-corrected chi connectivity index (χ3v) is 4.49. The largest absolute Gasteiger partial charge is 0.348 e. The molecule has 4 rings (SSSR count). The number of nitrogens with one attached hydrogen (secondary N) is 1. The number of halogens is 2. The van der Waals surface area contributed by atoms with Crippen molar-refractivity contribution in [1.82, 2.24) is 14.5 Å². The van der Waals surface area contributed by atoms with Crippen molar-refractivity contribution in [3.63, 3.8) is 0 Å². The van der Waals surface area contributed by atoms with E-state index >= 15 is 0 Å². The van der Waals surface area contributed by atoms with Crippen LogP contribution in [-0.2, 0) is 6.54 Å². The molecule has 2 aromatic heterocycles. The Balaban J connectivity index is 1.69. The van der Waals surface area contributed by atoms with Gasteiger partial charge in [0.15, 0.2) is 0 Å². The summed E-state index contributed by atoms with van der Waals surface area (Å²) < 4.78 is 29.9. The van der Waals surface area contributed by atoms with Crippen molar-refractivity contribution >= 4 is 11.7 Å². The molecule has 1 N–H and O–H groups in total. The summed E-state index contributed by atoms with van der Waals surface area (Å²) in [7, 11) is 0. The molecular formula is C19H16F2N4O. The van der Waals surface area contributed by atoms with E-state index in [0.29, 0.717) is 13.1 Å². The Morgan fingerprint density at radius 1 is 1.08 bits per heavy atom. The van der Waals surface area contributed by atoms with Gasteiger partial charge in [0, 0.05) is 37.4 Å². The molecule has 132 valence electrons. The number of carbonyl (C=O) groups is 1. The molecule has 2 amide bonds. The second-order valence-electron chi connectivity index (χ2n) is 6.04. The van der Waals surface area contributed by atoms with Gasteiger partial charge in [-0.1, -0.05) is 12.1 Å². The molecule has 1 atom stereocenters. The molecule has 3 heterocycles. The number of hydrogen-bond acceptors (Lipinski definition) is 2. The Bertz CT molecular complexity index is 921. The van der Waals surface area contributed by atoms with Crippen LogP contribution in [-0.4, -0.2) is 27.0 Å². The first-order chi connectivity index (χ1) is 12.6. The maximum Gasteiger partial charge on any atom is 0.322 e. The summed E-state index contributed by atoms with van der Waals surface area (Å²) in [6.45, 7) is 1.01. The number of carbonyl (C=O) groups excluding carboxylic acids is 1. The second-order valence-corrected chi connectivity index (χ2v) is 6.04. The topological polar surface area (TPSA) is 50.2 Å². The summed E-state index contributed by atoms with van der Waals surface area (Å²) in [4.78, 5) is 18.5. The van der Waals surface area contributed by atoms with Crippen molar-refractivity contribution in [3.05, 3.63) is 83.9 Å². The van der Waals surface area contributed by atoms with E-state index in [9.17, 15) is 13.6 Å². The van der Waals surface area contributed by atoms with Crippen LogP contribution < -0.4 is 5.32 Å². The highest BCUT2D eigenvalue weighted by molar-refractivity contribution is 5.90. The van der Waals surface area contributed by atoms with E-state index in [2.05, 4.69) is 14.9 Å². The van der Waals surface area contributed by atoms with Gasteiger partial charge in [-0.15, -0.1) is 0 Å². The van der Waals surface area contributed by atoms with Gasteiger partial charge in [-0.25, -0.2) is 13.6 Å². The van der Waals surface area contributed by atoms with Crippen LogP contribution in [0.3, 0.4) is 0 Å². The number of anilines is 1. The molecule has 0 fully saturated rings. The maximum atomic E-state index is 13.9. The minimum atomic E-state index is -0.809. The molecule has 5 nitrogen and oxygen atoms in total. The van der Waals surface area contributed by atoms with Crippen molar-refractivity contribution < 1.29 is 13.6 Å². The molecule has 26 heavy (non-hydrogen) atoms. The quantitative estimate of drug-likeness (QED) is 0.761. The second kappa shape index (κ2) is 6.59. The molecule has 0 aliphatic carbocycles. The number of hydrogen-bond donors (Lipinski definition) is 1. The normalized spacial score (nSPS) is 16.2. The number of amides is 2. The van der Waals surface area contributed by atoms with Gasteiger partial charge in [-0.2, -0.15) is 0 Å². The highest BCUT2D eigenvalue weighted by Crippen LogP contribution is 2.32. The van der Waals surface area contributed by atoms with Gasteiger partial charge in [0.05, 0.1) is 0 Å². The zero-order valence-corrected chi connectivity index (χ0v) is 13.8. The third kappa shape index (κ3) is 2.81. The first kappa shape index (κ1) is 16.3. The molecule has 3 aromatic rings. The first-order valence-corrected chi connectivity index (χ1v) is 8.22. The SMILES string of the molecule is O=C(Nc1c(F)cccc1F)N1CCn2cccc2C1c1cccnc1. The zero-order valence-electron chi connectivity index (χ0n) is 13.8. The van der Waals surface area contributed by atoms with Gasteiger partial charge in [0.1, 0.15) is 23.4 Å². The van der Waals surface area contributed by atoms with Crippen molar-refractivity contribution in [2.24, 2.45) is 0 Å². The molecule has 1 unspecified atom stereocenters. The van der Waals surface area contributed by atoms with E-state index in [0.717, 1.165) is 23.4 Å². The molecule has 0 bridgehead atoms. The number of urea groups is 1. The lowest BCUT2D eigenvalue weighted by Gasteiger charge is -2.37. The van der Waals surface area contributed by atoms with Crippen LogP contribution >= 0.6 is 0 Å². The Morgan fingerprint density at radius 3 is 2.62 bits per heavy atom. The zero-order chi connectivity index (χ0) is 18.1. The molecule has 0 saturated carbocycles. The predicted molar refractivity (Wildman–Crippen MR) is 92.6 cm³/mol. The summed E-state index contributed by atoms with van der Waals surface area (Å²) in [5.41, 5.74) is 1.31. The fourth-order valence-electron chi connectivity index (χ4n) is 3.29. The fourth-order valence-corrected chi connectivity index (χ4v) is 3.29. The summed E-state index contributed by atoms with van der Waals surface area (Å²) in [5.74, 6) is -1.62. The molecule has 0 radical (unpaired) electrons. The highest BCUT2D eigenvalue weighted by atomic mass is 19.1. The van der Waals surface area contributed by atoms with E-state index in [-0.39, 0.29) is 6.04 Å². The standard InChI is InChI=1S/C19H16F2N4O/c20-14-5-1-6-15(21)17(14)23-19(26)25-11-10-24-9-3-7-16(24)18(25)13-4-2-8-22-12-13/h1-9,12,18H,10-11H2,(H,23,26). The number of aromatic nitrogens is 2. The van der Waals surface area contributed by atoms with Crippen molar-refractivity contribution in [2.45, 2.75) is 12.6 Å². The maximum absolute atomic E-state index is 13.9. The average molecular weight is 354 g/mol. The lowest BCUT2D eigenvalue weighted by molar-refractivity contribution is 0.181. The number of rotatable bonds is 2. The first-order valence-electron chi connectivity index (χ1n) is 8.22. The minimum Gasteiger partial charge on any atom is -0.348 e. The summed E-state index contributed by atoms with van der Waals surface area (Å²) in [6, 6.07) is 10.0. The lowest BCUT2D eigenvalue weighted by atomic mass is 10.0. The van der Waals surface area contributed by atoms with Gasteiger partial charge in [-0.05, 0) is 35.9 Å². The number of para-hydroxylation sites is 1. The number of fused-ring (bicyclic) bond motifs is 1. The van der Waals surface area contributed by atoms with Gasteiger partial charge in [0.25, 0.3) is 0 Å². The van der Waals surface area contributed by atoms with Crippen molar-refractivity contribution in [1.29, 1.82) is 0 Å². The fraction of sp³-hybridized carbons (Fsp3) is 0.158. The highest BCUT2D eigenvalue weighted by Gasteiger charge is 2.33. The van der Waals surface area contributed by atoms with Gasteiger partial charge in [0.2, 0.25) is 0 Å². The van der Waals surface area contributed by atoms with Crippen molar-refractivity contribution in [2.75, 3.05) is 11.9 Å². The van der Waals surface area contributed by atoms with Crippen LogP contribution in [0.25, 0.3) is 0 Å². The van der Waals surface area contributed by atoms with Crippen molar-refractivity contribution in [3.8, 4) is 0 Å². The number of benzene rings is 1. The Kier molecular flexibility index (Phi) is 4.12. The van der Waals surface area contributed by atoms with E-state index in [1.807, 2.05) is 24.4 Å². The molecule has 1 aliphatic heterocycles. The van der Waals surface area contributed by atoms with Gasteiger partial charge in [-0.3, -0.25) is 4.98 Å². The van der Waals surface area contributed by atoms with Crippen LogP contribution in [0.2, 0.25) is 0 Å². The summed E-state index contributed by atoms with van der Waals surface area (Å²) in [6.07, 6.45) is 5.30. The summed E-state index contributed by atoms with van der Waals surface area (Å²) >= 11 is 0. The van der Waals surface area contributed by atoms with Gasteiger partial charge >= 0.3 is 6.03 Å². The molecule has 1 aliphatic rings. The number of nitrogens with zero attached hydrogens (tertiary/aromatic N) is 3. The molecule has 0 saturated heterocycles. The molecule has 7 heteroatoms. The predicted octanol–water partition coefficient (Wildman–Crippen LogP) is 3.80. The Hall–Kier alpha value is -3.22. The smallest absolute Gasteiger partial charge is 0.322 e. The van der Waals surface area contributed by atoms with E-state index < -0.39 is 23.4 Å². The average Bonchev–Trinajstić information content (AvgIpc) is 3.13. The van der Waals surface area contributed by atoms with E-state index in [1.165, 1.54) is 6.07 Å².